The molecule has 1 heterocycles. The van der Waals surface area contributed by atoms with Crippen molar-refractivity contribution in [3.05, 3.63) is 39.4 Å². The Kier molecular flexibility index (Phi) is 2.45. The minimum absolute atomic E-state index is 0.124. The van der Waals surface area contributed by atoms with Crippen LogP contribution in [0.1, 0.15) is 17.0 Å². The van der Waals surface area contributed by atoms with Gasteiger partial charge in [-0.05, 0) is 31.0 Å². The molecule has 0 bridgehead atoms. The standard InChI is InChI=1S/C12H11N3O/c1-7-5-8(2)11-9(6-7)12(16)15-10(14-11)3-4-13/h5-6H,3H2,1-2H3,(H,14,15,16). The molecular formula is C12H11N3O. The van der Waals surface area contributed by atoms with E-state index in [9.17, 15) is 4.79 Å². The molecule has 0 saturated carbocycles. The molecule has 4 nitrogen and oxygen atoms in total. The van der Waals surface area contributed by atoms with Crippen LogP contribution in [0.3, 0.4) is 0 Å². The van der Waals surface area contributed by atoms with Crippen LogP contribution in [0, 0.1) is 25.2 Å². The molecule has 2 rings (SSSR count). The first kappa shape index (κ1) is 10.4. The van der Waals surface area contributed by atoms with Crippen molar-refractivity contribution in [2.24, 2.45) is 0 Å². The summed E-state index contributed by atoms with van der Waals surface area (Å²) in [6, 6.07) is 5.76. The number of benzene rings is 1. The SMILES string of the molecule is Cc1cc(C)c2nc(CC#N)[nH]c(=O)c2c1. The Morgan fingerprint density at radius 2 is 2.19 bits per heavy atom. The third-order valence-corrected chi connectivity index (χ3v) is 2.44. The maximum Gasteiger partial charge on any atom is 0.258 e. The summed E-state index contributed by atoms with van der Waals surface area (Å²) in [4.78, 5) is 18.7. The average molecular weight is 213 g/mol. The average Bonchev–Trinajstić information content (AvgIpc) is 2.20. The summed E-state index contributed by atoms with van der Waals surface area (Å²) < 4.78 is 0. The fourth-order valence-corrected chi connectivity index (χ4v) is 1.80. The number of aromatic amines is 1. The number of aryl methyl sites for hydroxylation is 2. The van der Waals surface area contributed by atoms with Crippen molar-refractivity contribution in [1.29, 1.82) is 5.26 Å². The lowest BCUT2D eigenvalue weighted by Gasteiger charge is -2.04. The Morgan fingerprint density at radius 3 is 2.88 bits per heavy atom. The van der Waals surface area contributed by atoms with Gasteiger partial charge in [-0.1, -0.05) is 6.07 Å². The molecule has 0 unspecified atom stereocenters. The van der Waals surface area contributed by atoms with Crippen LogP contribution >= 0.6 is 0 Å². The maximum absolute atomic E-state index is 11.8. The summed E-state index contributed by atoms with van der Waals surface area (Å²) in [6.45, 7) is 3.85. The molecule has 0 amide bonds. The van der Waals surface area contributed by atoms with E-state index < -0.39 is 0 Å². The van der Waals surface area contributed by atoms with Crippen LogP contribution in [-0.4, -0.2) is 9.97 Å². The minimum atomic E-state index is -0.179. The van der Waals surface area contributed by atoms with E-state index in [4.69, 9.17) is 5.26 Å². The number of hydrogen-bond donors (Lipinski definition) is 1. The van der Waals surface area contributed by atoms with Crippen molar-refractivity contribution < 1.29 is 0 Å². The van der Waals surface area contributed by atoms with Gasteiger partial charge in [0.25, 0.3) is 5.56 Å². The molecule has 0 aliphatic rings. The number of nitrogens with one attached hydrogen (secondary N) is 1. The second-order valence-corrected chi connectivity index (χ2v) is 3.83. The summed E-state index contributed by atoms with van der Waals surface area (Å²) in [5.41, 5.74) is 2.49. The van der Waals surface area contributed by atoms with Crippen molar-refractivity contribution in [2.45, 2.75) is 20.3 Å². The summed E-state index contributed by atoms with van der Waals surface area (Å²) in [5.74, 6) is 0.423. The Balaban J connectivity index is 2.83. The van der Waals surface area contributed by atoms with Crippen LogP contribution in [0.5, 0.6) is 0 Å². The van der Waals surface area contributed by atoms with Gasteiger partial charge in [0.1, 0.15) is 5.82 Å². The summed E-state index contributed by atoms with van der Waals surface area (Å²) in [6.07, 6.45) is 0.124. The Morgan fingerprint density at radius 1 is 1.44 bits per heavy atom. The highest BCUT2D eigenvalue weighted by Gasteiger charge is 2.06. The van der Waals surface area contributed by atoms with E-state index in [2.05, 4.69) is 9.97 Å². The molecular weight excluding hydrogens is 202 g/mol. The lowest BCUT2D eigenvalue weighted by molar-refractivity contribution is 0.997. The molecule has 4 heteroatoms. The van der Waals surface area contributed by atoms with E-state index in [-0.39, 0.29) is 12.0 Å². The zero-order valence-electron chi connectivity index (χ0n) is 9.16. The molecule has 1 aromatic carbocycles. The van der Waals surface area contributed by atoms with Crippen LogP contribution in [0.4, 0.5) is 0 Å². The van der Waals surface area contributed by atoms with Crippen molar-refractivity contribution in [3.8, 4) is 6.07 Å². The fourth-order valence-electron chi connectivity index (χ4n) is 1.80. The van der Waals surface area contributed by atoms with E-state index in [1.54, 1.807) is 0 Å². The molecule has 2 aromatic rings. The molecule has 1 N–H and O–H groups in total. The Bertz CT molecular complexity index is 650. The lowest BCUT2D eigenvalue weighted by atomic mass is 10.1. The van der Waals surface area contributed by atoms with Crippen molar-refractivity contribution in [3.63, 3.8) is 0 Å². The maximum atomic E-state index is 11.8. The molecule has 0 radical (unpaired) electrons. The van der Waals surface area contributed by atoms with Gasteiger partial charge in [-0.25, -0.2) is 4.98 Å². The highest BCUT2D eigenvalue weighted by molar-refractivity contribution is 5.81. The topological polar surface area (TPSA) is 69.5 Å². The molecule has 0 saturated heterocycles. The molecule has 0 fully saturated rings. The van der Waals surface area contributed by atoms with Gasteiger partial charge in [-0.15, -0.1) is 0 Å². The van der Waals surface area contributed by atoms with E-state index in [0.29, 0.717) is 16.7 Å². The van der Waals surface area contributed by atoms with Gasteiger partial charge in [-0.2, -0.15) is 5.26 Å². The van der Waals surface area contributed by atoms with Crippen molar-refractivity contribution in [2.75, 3.05) is 0 Å². The first-order chi connectivity index (χ1) is 7.61. The van der Waals surface area contributed by atoms with E-state index >= 15 is 0 Å². The Labute approximate surface area is 92.6 Å². The van der Waals surface area contributed by atoms with E-state index in [1.165, 1.54) is 0 Å². The number of hydrogen-bond acceptors (Lipinski definition) is 3. The molecule has 0 aliphatic carbocycles. The monoisotopic (exact) mass is 213 g/mol. The summed E-state index contributed by atoms with van der Waals surface area (Å²) >= 11 is 0. The number of H-pyrrole nitrogens is 1. The van der Waals surface area contributed by atoms with E-state index in [0.717, 1.165) is 11.1 Å². The Hall–Kier alpha value is -2.15. The van der Waals surface area contributed by atoms with Crippen LogP contribution in [-0.2, 0) is 6.42 Å². The second kappa shape index (κ2) is 3.78. The van der Waals surface area contributed by atoms with E-state index in [1.807, 2.05) is 32.0 Å². The van der Waals surface area contributed by atoms with Crippen molar-refractivity contribution in [1.82, 2.24) is 9.97 Å². The summed E-state index contributed by atoms with van der Waals surface area (Å²) in [5, 5.41) is 9.17. The fraction of sp³-hybridized carbons (Fsp3) is 0.250. The largest absolute Gasteiger partial charge is 0.309 e. The molecule has 0 aliphatic heterocycles. The number of rotatable bonds is 1. The van der Waals surface area contributed by atoms with Crippen LogP contribution in [0.25, 0.3) is 10.9 Å². The number of nitrogens with zero attached hydrogens (tertiary/aromatic N) is 2. The normalized spacial score (nSPS) is 10.3. The quantitative estimate of drug-likeness (QED) is 0.782. The first-order valence-electron chi connectivity index (χ1n) is 4.99. The highest BCUT2D eigenvalue weighted by atomic mass is 16.1. The van der Waals surface area contributed by atoms with Crippen molar-refractivity contribution >= 4 is 10.9 Å². The predicted molar refractivity (Wildman–Crippen MR) is 61.2 cm³/mol. The molecule has 80 valence electrons. The van der Waals surface area contributed by atoms with Crippen LogP contribution in [0.2, 0.25) is 0 Å². The van der Waals surface area contributed by atoms with Crippen LogP contribution < -0.4 is 5.56 Å². The molecule has 1 aromatic heterocycles. The minimum Gasteiger partial charge on any atom is -0.309 e. The number of aromatic nitrogens is 2. The zero-order valence-corrected chi connectivity index (χ0v) is 9.16. The third kappa shape index (κ3) is 1.68. The molecule has 0 spiro atoms. The smallest absolute Gasteiger partial charge is 0.258 e. The van der Waals surface area contributed by atoms with Gasteiger partial charge in [0, 0.05) is 0 Å². The zero-order chi connectivity index (χ0) is 11.7. The predicted octanol–water partition coefficient (Wildman–Crippen LogP) is 1.61. The van der Waals surface area contributed by atoms with Gasteiger partial charge in [0.15, 0.2) is 0 Å². The van der Waals surface area contributed by atoms with Gasteiger partial charge in [0.2, 0.25) is 0 Å². The highest BCUT2D eigenvalue weighted by Crippen LogP contribution is 2.15. The first-order valence-corrected chi connectivity index (χ1v) is 4.99. The second-order valence-electron chi connectivity index (χ2n) is 3.83. The number of nitriles is 1. The molecule has 16 heavy (non-hydrogen) atoms. The van der Waals surface area contributed by atoms with Gasteiger partial charge < -0.3 is 4.98 Å². The van der Waals surface area contributed by atoms with Gasteiger partial charge in [-0.3, -0.25) is 4.79 Å². The number of fused-ring (bicyclic) bond motifs is 1. The van der Waals surface area contributed by atoms with Gasteiger partial charge >= 0.3 is 0 Å². The van der Waals surface area contributed by atoms with Gasteiger partial charge in [0.05, 0.1) is 23.4 Å². The lowest BCUT2D eigenvalue weighted by Crippen LogP contribution is -2.12. The third-order valence-electron chi connectivity index (χ3n) is 2.44. The summed E-state index contributed by atoms with van der Waals surface area (Å²) in [7, 11) is 0. The molecule has 0 atom stereocenters. The van der Waals surface area contributed by atoms with Crippen LogP contribution in [0.15, 0.2) is 16.9 Å².